The average Bonchev–Trinajstić information content (AvgIpc) is 3.01. The van der Waals surface area contributed by atoms with Crippen molar-refractivity contribution in [3.63, 3.8) is 0 Å². The predicted molar refractivity (Wildman–Crippen MR) is 171 cm³/mol. The maximum absolute atomic E-state index is 2.47. The van der Waals surface area contributed by atoms with E-state index < -0.39 is 0 Å². The number of rotatable bonds is 16. The number of hydrogen-bond acceptors (Lipinski definition) is 0. The maximum Gasteiger partial charge on any atom is -0.0162 e. The minimum absolute atomic E-state index is 0.692. The van der Waals surface area contributed by atoms with Crippen molar-refractivity contribution in [2.24, 2.45) is 23.7 Å². The lowest BCUT2D eigenvalue weighted by Gasteiger charge is -2.33. The van der Waals surface area contributed by atoms with Gasteiger partial charge in [-0.2, -0.15) is 0 Å². The molecule has 0 nitrogen and oxygen atoms in total. The first kappa shape index (κ1) is 30.4. The Morgan fingerprint density at radius 3 is 1.49 bits per heavy atom. The van der Waals surface area contributed by atoms with Crippen LogP contribution >= 0.6 is 0 Å². The van der Waals surface area contributed by atoms with Crippen LogP contribution in [0.4, 0.5) is 0 Å². The molecule has 4 rings (SSSR count). The molecule has 4 atom stereocenters. The van der Waals surface area contributed by atoms with E-state index in [1.165, 1.54) is 128 Å². The SMILES string of the molecule is CCC(CCC(CCC(CCCC(CC)C1CCCCC1)C1CCCCC1)c1ccccc1)c1ccccc1. The van der Waals surface area contributed by atoms with E-state index in [0.717, 1.165) is 23.7 Å². The zero-order valence-electron chi connectivity index (χ0n) is 25.7. The van der Waals surface area contributed by atoms with Crippen LogP contribution < -0.4 is 0 Å². The Bertz CT molecular complexity index is 857. The van der Waals surface area contributed by atoms with Crippen LogP contribution in [0.1, 0.15) is 159 Å². The largest absolute Gasteiger partial charge is 0.0651 e. The Hall–Kier alpha value is -1.56. The van der Waals surface area contributed by atoms with Crippen LogP contribution in [0.2, 0.25) is 0 Å². The van der Waals surface area contributed by atoms with E-state index in [1.807, 2.05) is 0 Å². The molecule has 2 aliphatic carbocycles. The van der Waals surface area contributed by atoms with Gasteiger partial charge < -0.3 is 0 Å². The summed E-state index contributed by atoms with van der Waals surface area (Å²) in [6.07, 6.45) is 27.6. The summed E-state index contributed by atoms with van der Waals surface area (Å²) in [5.41, 5.74) is 3.13. The molecule has 4 unspecified atom stereocenters. The summed E-state index contributed by atoms with van der Waals surface area (Å²) in [5, 5.41) is 0. The summed E-state index contributed by atoms with van der Waals surface area (Å²) >= 11 is 0. The van der Waals surface area contributed by atoms with Gasteiger partial charge in [0.1, 0.15) is 0 Å². The van der Waals surface area contributed by atoms with Gasteiger partial charge in [0.2, 0.25) is 0 Å². The normalized spacial score (nSPS) is 20.4. The Morgan fingerprint density at radius 1 is 0.487 bits per heavy atom. The highest BCUT2D eigenvalue weighted by atomic mass is 14.3. The molecule has 0 amide bonds. The van der Waals surface area contributed by atoms with Crippen molar-refractivity contribution in [1.29, 1.82) is 0 Å². The molecule has 216 valence electrons. The van der Waals surface area contributed by atoms with Crippen LogP contribution in [0.3, 0.4) is 0 Å². The molecule has 0 heteroatoms. The van der Waals surface area contributed by atoms with Gasteiger partial charge in [-0.25, -0.2) is 0 Å². The van der Waals surface area contributed by atoms with Crippen LogP contribution in [0.25, 0.3) is 0 Å². The van der Waals surface area contributed by atoms with E-state index in [4.69, 9.17) is 0 Å². The van der Waals surface area contributed by atoms with Crippen molar-refractivity contribution in [1.82, 2.24) is 0 Å². The van der Waals surface area contributed by atoms with Gasteiger partial charge in [0.05, 0.1) is 0 Å². The second-order valence-corrected chi connectivity index (χ2v) is 13.4. The lowest BCUT2D eigenvalue weighted by atomic mass is 9.72. The van der Waals surface area contributed by atoms with Crippen LogP contribution in [-0.2, 0) is 0 Å². The topological polar surface area (TPSA) is 0 Å². The third-order valence-corrected chi connectivity index (χ3v) is 11.1. The first-order valence-corrected chi connectivity index (χ1v) is 17.4. The van der Waals surface area contributed by atoms with E-state index in [-0.39, 0.29) is 0 Å². The van der Waals surface area contributed by atoms with Crippen LogP contribution in [0.15, 0.2) is 60.7 Å². The van der Waals surface area contributed by atoms with Gasteiger partial charge in [-0.1, -0.05) is 164 Å². The number of benzene rings is 2. The van der Waals surface area contributed by atoms with Crippen LogP contribution in [0.5, 0.6) is 0 Å². The summed E-state index contributed by atoms with van der Waals surface area (Å²) in [6.45, 7) is 4.85. The highest BCUT2D eigenvalue weighted by Gasteiger charge is 2.27. The second-order valence-electron chi connectivity index (χ2n) is 13.4. The van der Waals surface area contributed by atoms with Gasteiger partial charge in [-0.15, -0.1) is 0 Å². The van der Waals surface area contributed by atoms with Crippen LogP contribution in [0, 0.1) is 23.7 Å². The molecule has 2 aliphatic rings. The molecule has 0 N–H and O–H groups in total. The summed E-state index contributed by atoms with van der Waals surface area (Å²) in [4.78, 5) is 0. The van der Waals surface area contributed by atoms with E-state index in [0.29, 0.717) is 11.8 Å². The van der Waals surface area contributed by atoms with Gasteiger partial charge in [0, 0.05) is 0 Å². The number of hydrogen-bond donors (Lipinski definition) is 0. The summed E-state index contributed by atoms with van der Waals surface area (Å²) in [7, 11) is 0. The molecule has 0 radical (unpaired) electrons. The fraction of sp³-hybridized carbons (Fsp3) is 0.692. The summed E-state index contributed by atoms with van der Waals surface area (Å²) in [5.74, 6) is 5.39. The Labute approximate surface area is 242 Å². The smallest absolute Gasteiger partial charge is 0.0162 e. The fourth-order valence-corrected chi connectivity index (χ4v) is 8.59. The molecule has 2 aromatic rings. The Balaban J connectivity index is 1.37. The quantitative estimate of drug-likeness (QED) is 0.203. The summed E-state index contributed by atoms with van der Waals surface area (Å²) in [6, 6.07) is 22.9. The summed E-state index contributed by atoms with van der Waals surface area (Å²) < 4.78 is 0. The Morgan fingerprint density at radius 2 is 0.949 bits per heavy atom. The lowest BCUT2D eigenvalue weighted by molar-refractivity contribution is 0.191. The van der Waals surface area contributed by atoms with Gasteiger partial charge in [-0.3, -0.25) is 0 Å². The molecule has 2 fully saturated rings. The highest BCUT2D eigenvalue weighted by Crippen LogP contribution is 2.41. The van der Waals surface area contributed by atoms with Crippen molar-refractivity contribution < 1.29 is 0 Å². The van der Waals surface area contributed by atoms with E-state index >= 15 is 0 Å². The van der Waals surface area contributed by atoms with E-state index in [9.17, 15) is 0 Å². The highest BCUT2D eigenvalue weighted by molar-refractivity contribution is 5.21. The van der Waals surface area contributed by atoms with Crippen molar-refractivity contribution >= 4 is 0 Å². The first-order valence-electron chi connectivity index (χ1n) is 17.4. The lowest BCUT2D eigenvalue weighted by Crippen LogP contribution is -2.21. The van der Waals surface area contributed by atoms with Gasteiger partial charge >= 0.3 is 0 Å². The Kier molecular flexibility index (Phi) is 13.5. The molecule has 0 bridgehead atoms. The molecular formula is C39H60. The van der Waals surface area contributed by atoms with Gasteiger partial charge in [0.25, 0.3) is 0 Å². The third-order valence-electron chi connectivity index (χ3n) is 11.1. The molecule has 0 saturated heterocycles. The van der Waals surface area contributed by atoms with Gasteiger partial charge in [-0.05, 0) is 78.7 Å². The van der Waals surface area contributed by atoms with Crippen LogP contribution in [-0.4, -0.2) is 0 Å². The van der Waals surface area contributed by atoms with E-state index in [1.54, 1.807) is 5.56 Å². The minimum atomic E-state index is 0.692. The first-order chi connectivity index (χ1) is 19.3. The monoisotopic (exact) mass is 528 g/mol. The fourth-order valence-electron chi connectivity index (χ4n) is 8.59. The van der Waals surface area contributed by atoms with Crippen molar-refractivity contribution in [3.05, 3.63) is 71.8 Å². The predicted octanol–water partition coefficient (Wildman–Crippen LogP) is 12.5. The molecule has 0 spiro atoms. The minimum Gasteiger partial charge on any atom is -0.0651 e. The third kappa shape index (κ3) is 9.79. The molecule has 39 heavy (non-hydrogen) atoms. The molecule has 0 aromatic heterocycles. The van der Waals surface area contributed by atoms with Crippen molar-refractivity contribution in [2.75, 3.05) is 0 Å². The maximum atomic E-state index is 2.47. The van der Waals surface area contributed by atoms with E-state index in [2.05, 4.69) is 74.5 Å². The zero-order chi connectivity index (χ0) is 27.1. The molecule has 0 aliphatic heterocycles. The van der Waals surface area contributed by atoms with Gasteiger partial charge in [0.15, 0.2) is 0 Å². The second kappa shape index (κ2) is 17.3. The molecular weight excluding hydrogens is 468 g/mol. The zero-order valence-corrected chi connectivity index (χ0v) is 25.7. The van der Waals surface area contributed by atoms with Crippen molar-refractivity contribution in [3.8, 4) is 0 Å². The standard InChI is InChI=1S/C39H60/c1-3-32(34-18-9-5-10-19-34)26-17-27-38(36-22-13-7-14-23-36)30-31-39(37-24-15-8-16-25-37)29-28-33(4-2)35-20-11-6-12-21-35/h6,8,11-12,15-16,20-21,24-25,32-34,36,38-39H,3-5,7,9-10,13-14,17-19,22-23,26-31H2,1-2H3. The average molecular weight is 529 g/mol. The molecule has 2 aromatic carbocycles. The molecule has 0 heterocycles. The molecule has 2 saturated carbocycles. The van der Waals surface area contributed by atoms with Crippen molar-refractivity contribution in [2.45, 2.75) is 148 Å².